The van der Waals surface area contributed by atoms with Crippen molar-refractivity contribution in [2.24, 2.45) is 10.9 Å². The third kappa shape index (κ3) is 3.54. The molecule has 2 saturated carbocycles. The molecule has 2 aliphatic carbocycles. The molecule has 0 bridgehead atoms. The largest absolute Gasteiger partial charge is 0.393 e. The number of piperazine rings is 1. The van der Waals surface area contributed by atoms with E-state index in [1.165, 1.54) is 12.8 Å². The lowest BCUT2D eigenvalue weighted by atomic mass is 10.1. The molecule has 0 aromatic rings. The van der Waals surface area contributed by atoms with Crippen LogP contribution in [0.2, 0.25) is 0 Å². The van der Waals surface area contributed by atoms with Gasteiger partial charge in [0.05, 0.1) is 12.6 Å². The highest BCUT2D eigenvalue weighted by Crippen LogP contribution is 2.28. The van der Waals surface area contributed by atoms with Gasteiger partial charge < -0.3 is 20.2 Å². The zero-order valence-electron chi connectivity index (χ0n) is 13.5. The summed E-state index contributed by atoms with van der Waals surface area (Å²) in [6.07, 6.45) is 5.17. The van der Waals surface area contributed by atoms with Crippen molar-refractivity contribution in [1.82, 2.24) is 15.1 Å². The van der Waals surface area contributed by atoms with Gasteiger partial charge in [-0.25, -0.2) is 0 Å². The number of carbonyl (C=O) groups is 1. The van der Waals surface area contributed by atoms with Crippen LogP contribution >= 0.6 is 0 Å². The molecule has 124 valence electrons. The molecule has 22 heavy (non-hydrogen) atoms. The number of aliphatic hydroxyl groups excluding tert-OH is 1. The summed E-state index contributed by atoms with van der Waals surface area (Å²) in [5.41, 5.74) is 0. The van der Waals surface area contributed by atoms with Gasteiger partial charge in [-0.1, -0.05) is 6.42 Å². The van der Waals surface area contributed by atoms with E-state index in [2.05, 4.69) is 10.2 Å². The molecule has 3 rings (SSSR count). The molecule has 0 aromatic carbocycles. The number of nitrogens with zero attached hydrogens (tertiary/aromatic N) is 3. The van der Waals surface area contributed by atoms with E-state index in [9.17, 15) is 9.90 Å². The topological polar surface area (TPSA) is 68.2 Å². The van der Waals surface area contributed by atoms with Crippen molar-refractivity contribution in [3.05, 3.63) is 0 Å². The van der Waals surface area contributed by atoms with Gasteiger partial charge in [-0.2, -0.15) is 0 Å². The molecule has 1 aliphatic heterocycles. The molecule has 1 saturated heterocycles. The number of hydrogen-bond donors (Lipinski definition) is 2. The minimum Gasteiger partial charge on any atom is -0.393 e. The highest BCUT2D eigenvalue weighted by Gasteiger charge is 2.36. The highest BCUT2D eigenvalue weighted by molar-refractivity contribution is 5.88. The van der Waals surface area contributed by atoms with Crippen LogP contribution in [0.4, 0.5) is 0 Å². The Labute approximate surface area is 132 Å². The molecule has 1 heterocycles. The highest BCUT2D eigenvalue weighted by atomic mass is 16.3. The van der Waals surface area contributed by atoms with Gasteiger partial charge >= 0.3 is 0 Å². The normalized spacial score (nSPS) is 30.1. The maximum absolute atomic E-state index is 12.3. The lowest BCUT2D eigenvalue weighted by Crippen LogP contribution is -2.55. The first-order valence-electron chi connectivity index (χ1n) is 8.70. The van der Waals surface area contributed by atoms with Crippen molar-refractivity contribution in [1.29, 1.82) is 0 Å². The monoisotopic (exact) mass is 308 g/mol. The van der Waals surface area contributed by atoms with Gasteiger partial charge in [0.15, 0.2) is 5.96 Å². The van der Waals surface area contributed by atoms with E-state index < -0.39 is 0 Å². The maximum atomic E-state index is 12.3. The molecule has 1 amide bonds. The minimum absolute atomic E-state index is 0.208. The number of aliphatic imine (C=N–C) groups is 1. The van der Waals surface area contributed by atoms with Gasteiger partial charge in [0, 0.05) is 38.1 Å². The SMILES string of the molecule is CCNC(=NCC1CCCC1O)N1CCN(C2CC2)C(=O)C1. The molecule has 2 unspecified atom stereocenters. The summed E-state index contributed by atoms with van der Waals surface area (Å²) < 4.78 is 0. The molecule has 0 aromatic heterocycles. The first-order valence-corrected chi connectivity index (χ1v) is 8.70. The Bertz CT molecular complexity index is 436. The average Bonchev–Trinajstić information content (AvgIpc) is 3.26. The number of nitrogens with one attached hydrogen (secondary N) is 1. The van der Waals surface area contributed by atoms with Crippen molar-refractivity contribution in [2.45, 2.75) is 51.2 Å². The Hall–Kier alpha value is -1.30. The Morgan fingerprint density at radius 3 is 2.73 bits per heavy atom. The van der Waals surface area contributed by atoms with Crippen molar-refractivity contribution in [3.8, 4) is 0 Å². The number of carbonyl (C=O) groups excluding carboxylic acids is 1. The Balaban J connectivity index is 1.59. The Morgan fingerprint density at radius 2 is 2.14 bits per heavy atom. The van der Waals surface area contributed by atoms with Crippen LogP contribution in [0.5, 0.6) is 0 Å². The lowest BCUT2D eigenvalue weighted by molar-refractivity contribution is -0.135. The van der Waals surface area contributed by atoms with Gasteiger partial charge in [-0.05, 0) is 32.6 Å². The molecular formula is C16H28N4O2. The van der Waals surface area contributed by atoms with Crippen LogP contribution in [0.3, 0.4) is 0 Å². The van der Waals surface area contributed by atoms with E-state index in [4.69, 9.17) is 4.99 Å². The lowest BCUT2D eigenvalue weighted by Gasteiger charge is -2.36. The first kappa shape index (κ1) is 15.6. The van der Waals surface area contributed by atoms with Crippen molar-refractivity contribution in [3.63, 3.8) is 0 Å². The summed E-state index contributed by atoms with van der Waals surface area (Å²) in [4.78, 5) is 21.0. The molecular weight excluding hydrogens is 280 g/mol. The van der Waals surface area contributed by atoms with Gasteiger partial charge in [0.1, 0.15) is 0 Å². The van der Waals surface area contributed by atoms with Gasteiger partial charge in [-0.15, -0.1) is 0 Å². The Morgan fingerprint density at radius 1 is 1.32 bits per heavy atom. The number of rotatable bonds is 4. The van der Waals surface area contributed by atoms with E-state index in [0.717, 1.165) is 44.9 Å². The molecule has 3 fully saturated rings. The summed E-state index contributed by atoms with van der Waals surface area (Å²) in [6, 6.07) is 0.503. The van der Waals surface area contributed by atoms with Crippen LogP contribution < -0.4 is 5.32 Å². The molecule has 0 radical (unpaired) electrons. The van der Waals surface area contributed by atoms with Crippen molar-refractivity contribution in [2.75, 3.05) is 32.7 Å². The number of aliphatic hydroxyl groups is 1. The van der Waals surface area contributed by atoms with Gasteiger partial charge in [0.2, 0.25) is 5.91 Å². The minimum atomic E-state index is -0.208. The van der Waals surface area contributed by atoms with Crippen LogP contribution in [0.1, 0.15) is 39.0 Å². The van der Waals surface area contributed by atoms with Crippen LogP contribution in [-0.2, 0) is 4.79 Å². The third-order valence-corrected chi connectivity index (χ3v) is 4.97. The van der Waals surface area contributed by atoms with Crippen LogP contribution in [0.15, 0.2) is 4.99 Å². The molecule has 0 spiro atoms. The summed E-state index contributed by atoms with van der Waals surface area (Å²) in [5, 5.41) is 13.2. The summed E-state index contributed by atoms with van der Waals surface area (Å²) in [5.74, 6) is 1.32. The molecule has 6 nitrogen and oxygen atoms in total. The van der Waals surface area contributed by atoms with E-state index in [1.807, 2.05) is 11.8 Å². The van der Waals surface area contributed by atoms with Crippen molar-refractivity contribution >= 4 is 11.9 Å². The smallest absolute Gasteiger partial charge is 0.242 e. The number of guanidine groups is 1. The quantitative estimate of drug-likeness (QED) is 0.583. The van der Waals surface area contributed by atoms with Crippen molar-refractivity contribution < 1.29 is 9.90 Å². The predicted octanol–water partition coefficient (Wildman–Crippen LogP) is 0.420. The molecule has 3 aliphatic rings. The standard InChI is InChI=1S/C16H28N4O2/c1-2-17-16(18-10-12-4-3-5-14(12)21)19-8-9-20(13-6-7-13)15(22)11-19/h12-14,21H,2-11H2,1H3,(H,17,18). The molecule has 2 N–H and O–H groups in total. The zero-order chi connectivity index (χ0) is 15.5. The maximum Gasteiger partial charge on any atom is 0.242 e. The van der Waals surface area contributed by atoms with Gasteiger partial charge in [0.25, 0.3) is 0 Å². The fourth-order valence-corrected chi connectivity index (χ4v) is 3.50. The van der Waals surface area contributed by atoms with E-state index in [-0.39, 0.29) is 17.9 Å². The fourth-order valence-electron chi connectivity index (χ4n) is 3.50. The van der Waals surface area contributed by atoms with Crippen LogP contribution in [-0.4, -0.2) is 71.6 Å². The summed E-state index contributed by atoms with van der Waals surface area (Å²) in [6.45, 7) is 5.57. The Kier molecular flexibility index (Phi) is 4.86. The average molecular weight is 308 g/mol. The number of hydrogen-bond acceptors (Lipinski definition) is 3. The first-order chi connectivity index (χ1) is 10.7. The second-order valence-electron chi connectivity index (χ2n) is 6.69. The van der Waals surface area contributed by atoms with E-state index in [1.54, 1.807) is 0 Å². The fraction of sp³-hybridized carbons (Fsp3) is 0.875. The van der Waals surface area contributed by atoms with Crippen LogP contribution in [0.25, 0.3) is 0 Å². The summed E-state index contributed by atoms with van der Waals surface area (Å²) >= 11 is 0. The summed E-state index contributed by atoms with van der Waals surface area (Å²) in [7, 11) is 0. The van der Waals surface area contributed by atoms with E-state index >= 15 is 0 Å². The predicted molar refractivity (Wildman–Crippen MR) is 85.6 cm³/mol. The van der Waals surface area contributed by atoms with E-state index in [0.29, 0.717) is 19.1 Å². The number of amides is 1. The molecule has 2 atom stereocenters. The second kappa shape index (κ2) is 6.86. The van der Waals surface area contributed by atoms with Crippen LogP contribution in [0, 0.1) is 5.92 Å². The zero-order valence-corrected chi connectivity index (χ0v) is 13.5. The second-order valence-corrected chi connectivity index (χ2v) is 6.69. The van der Waals surface area contributed by atoms with Gasteiger partial charge in [-0.3, -0.25) is 9.79 Å². The third-order valence-electron chi connectivity index (χ3n) is 4.97. The molecule has 6 heteroatoms.